The van der Waals surface area contributed by atoms with Crippen LogP contribution in [0.2, 0.25) is 0 Å². The summed E-state index contributed by atoms with van der Waals surface area (Å²) < 4.78 is 5.10. The number of nitrogens with zero attached hydrogens (tertiary/aromatic N) is 3. The Morgan fingerprint density at radius 3 is 2.74 bits per heavy atom. The molecular formula is C17H29IN4O. The van der Waals surface area contributed by atoms with E-state index in [1.807, 2.05) is 7.05 Å². The maximum atomic E-state index is 5.10. The number of aliphatic imine (C=N–C) groups is 1. The van der Waals surface area contributed by atoms with Crippen LogP contribution in [0.3, 0.4) is 0 Å². The first-order valence-electron chi connectivity index (χ1n) is 7.94. The second-order valence-corrected chi connectivity index (χ2v) is 5.71. The third-order valence-electron chi connectivity index (χ3n) is 4.10. The summed E-state index contributed by atoms with van der Waals surface area (Å²) in [6.07, 6.45) is 1.09. The molecule has 0 amide bonds. The Kier molecular flexibility index (Phi) is 9.50. The summed E-state index contributed by atoms with van der Waals surface area (Å²) in [4.78, 5) is 9.02. The van der Waals surface area contributed by atoms with Crippen LogP contribution in [0.1, 0.15) is 11.1 Å². The molecule has 0 unspecified atom stereocenters. The molecular weight excluding hydrogens is 403 g/mol. The molecule has 130 valence electrons. The molecule has 0 atom stereocenters. The number of fused-ring (bicyclic) bond motifs is 1. The van der Waals surface area contributed by atoms with E-state index in [0.717, 1.165) is 51.7 Å². The van der Waals surface area contributed by atoms with E-state index in [9.17, 15) is 0 Å². The average Bonchev–Trinajstić information content (AvgIpc) is 2.56. The summed E-state index contributed by atoms with van der Waals surface area (Å²) in [7, 11) is 5.71. The first kappa shape index (κ1) is 20.2. The van der Waals surface area contributed by atoms with Crippen LogP contribution in [0.25, 0.3) is 0 Å². The van der Waals surface area contributed by atoms with Crippen molar-refractivity contribution >= 4 is 29.9 Å². The van der Waals surface area contributed by atoms with Gasteiger partial charge in [0.05, 0.1) is 6.61 Å². The Morgan fingerprint density at radius 2 is 2.04 bits per heavy atom. The standard InChI is InChI=1S/C17H28N4O.HI/c1-18-17(19-9-11-20(2)12-13-22-3)21-10-8-15-6-4-5-7-16(15)14-21;/h4-7H,8-14H2,1-3H3,(H,18,19);1H. The second kappa shape index (κ2) is 10.8. The van der Waals surface area contributed by atoms with E-state index < -0.39 is 0 Å². The molecule has 0 aromatic heterocycles. The van der Waals surface area contributed by atoms with Crippen molar-refractivity contribution in [2.24, 2.45) is 4.99 Å². The lowest BCUT2D eigenvalue weighted by Gasteiger charge is -2.32. The van der Waals surface area contributed by atoms with Crippen molar-refractivity contribution in [2.75, 3.05) is 54.0 Å². The van der Waals surface area contributed by atoms with Crippen molar-refractivity contribution < 1.29 is 4.74 Å². The Labute approximate surface area is 157 Å². The molecule has 0 aliphatic carbocycles. The van der Waals surface area contributed by atoms with Crippen LogP contribution >= 0.6 is 24.0 Å². The highest BCUT2D eigenvalue weighted by Crippen LogP contribution is 2.18. The molecule has 2 rings (SSSR count). The molecule has 1 aromatic rings. The molecule has 1 aromatic carbocycles. The Bertz CT molecular complexity index is 495. The van der Waals surface area contributed by atoms with Gasteiger partial charge in [0.1, 0.15) is 0 Å². The van der Waals surface area contributed by atoms with Crippen LogP contribution in [-0.4, -0.2) is 69.8 Å². The van der Waals surface area contributed by atoms with Crippen molar-refractivity contribution in [3.05, 3.63) is 35.4 Å². The fourth-order valence-corrected chi connectivity index (χ4v) is 2.73. The SMILES string of the molecule is CN=C(NCCN(C)CCOC)N1CCc2ccccc2C1.I. The van der Waals surface area contributed by atoms with Gasteiger partial charge in [0.25, 0.3) is 0 Å². The molecule has 1 aliphatic rings. The van der Waals surface area contributed by atoms with Crippen LogP contribution in [0.4, 0.5) is 0 Å². The van der Waals surface area contributed by atoms with Gasteiger partial charge >= 0.3 is 0 Å². The van der Waals surface area contributed by atoms with Gasteiger partial charge in [0.2, 0.25) is 0 Å². The van der Waals surface area contributed by atoms with E-state index in [1.165, 1.54) is 11.1 Å². The predicted molar refractivity (Wildman–Crippen MR) is 107 cm³/mol. The number of rotatable bonds is 6. The number of halogens is 1. The Balaban J connectivity index is 0.00000264. The molecule has 0 bridgehead atoms. The topological polar surface area (TPSA) is 40.1 Å². The smallest absolute Gasteiger partial charge is 0.194 e. The van der Waals surface area contributed by atoms with E-state index in [2.05, 4.69) is 51.4 Å². The van der Waals surface area contributed by atoms with Crippen LogP contribution in [0.15, 0.2) is 29.3 Å². The van der Waals surface area contributed by atoms with Crippen molar-refractivity contribution in [3.63, 3.8) is 0 Å². The summed E-state index contributed by atoms with van der Waals surface area (Å²) in [6, 6.07) is 8.68. The number of methoxy groups -OCH3 is 1. The first-order valence-corrected chi connectivity index (χ1v) is 7.94. The van der Waals surface area contributed by atoms with Gasteiger partial charge in [-0.25, -0.2) is 0 Å². The lowest BCUT2D eigenvalue weighted by Crippen LogP contribution is -2.46. The van der Waals surface area contributed by atoms with Gasteiger partial charge < -0.3 is 19.9 Å². The quantitative estimate of drug-likeness (QED) is 0.423. The van der Waals surface area contributed by atoms with Gasteiger partial charge in [-0.2, -0.15) is 0 Å². The molecule has 5 nitrogen and oxygen atoms in total. The zero-order chi connectivity index (χ0) is 15.8. The van der Waals surface area contributed by atoms with E-state index >= 15 is 0 Å². The van der Waals surface area contributed by atoms with Crippen LogP contribution in [0, 0.1) is 0 Å². The number of benzene rings is 1. The van der Waals surface area contributed by atoms with Crippen LogP contribution in [-0.2, 0) is 17.7 Å². The van der Waals surface area contributed by atoms with E-state index in [4.69, 9.17) is 4.74 Å². The van der Waals surface area contributed by atoms with Gasteiger partial charge in [0, 0.05) is 46.9 Å². The van der Waals surface area contributed by atoms with E-state index in [0.29, 0.717) is 0 Å². The Morgan fingerprint density at radius 1 is 1.30 bits per heavy atom. The van der Waals surface area contributed by atoms with Gasteiger partial charge in [0.15, 0.2) is 5.96 Å². The lowest BCUT2D eigenvalue weighted by atomic mass is 10.0. The second-order valence-electron chi connectivity index (χ2n) is 5.71. The maximum Gasteiger partial charge on any atom is 0.194 e. The van der Waals surface area contributed by atoms with Gasteiger partial charge in [-0.1, -0.05) is 24.3 Å². The number of likely N-dealkylation sites (N-methyl/N-ethyl adjacent to an activating group) is 1. The molecule has 1 heterocycles. The zero-order valence-electron chi connectivity index (χ0n) is 14.4. The first-order chi connectivity index (χ1) is 10.7. The number of ether oxygens (including phenoxy) is 1. The third kappa shape index (κ3) is 6.27. The number of hydrogen-bond acceptors (Lipinski definition) is 3. The highest BCUT2D eigenvalue weighted by Gasteiger charge is 2.18. The van der Waals surface area contributed by atoms with Crippen LogP contribution in [0.5, 0.6) is 0 Å². The fraction of sp³-hybridized carbons (Fsp3) is 0.588. The molecule has 23 heavy (non-hydrogen) atoms. The summed E-state index contributed by atoms with van der Waals surface area (Å²) in [5, 5.41) is 3.47. The minimum atomic E-state index is 0. The van der Waals surface area contributed by atoms with Crippen LogP contribution < -0.4 is 5.32 Å². The molecule has 0 radical (unpaired) electrons. The van der Waals surface area contributed by atoms with Crippen molar-refractivity contribution in [3.8, 4) is 0 Å². The van der Waals surface area contributed by atoms with E-state index in [-0.39, 0.29) is 24.0 Å². The summed E-state index contributed by atoms with van der Waals surface area (Å²) in [6.45, 7) is 5.56. The molecule has 0 saturated carbocycles. The van der Waals surface area contributed by atoms with Gasteiger partial charge in [-0.3, -0.25) is 4.99 Å². The number of hydrogen-bond donors (Lipinski definition) is 1. The average molecular weight is 432 g/mol. The highest BCUT2D eigenvalue weighted by atomic mass is 127. The minimum absolute atomic E-state index is 0. The predicted octanol–water partition coefficient (Wildman–Crippen LogP) is 1.82. The number of guanidine groups is 1. The lowest BCUT2D eigenvalue weighted by molar-refractivity contribution is 0.162. The highest BCUT2D eigenvalue weighted by molar-refractivity contribution is 14.0. The molecule has 0 saturated heterocycles. The zero-order valence-corrected chi connectivity index (χ0v) is 16.7. The third-order valence-corrected chi connectivity index (χ3v) is 4.10. The molecule has 6 heteroatoms. The summed E-state index contributed by atoms with van der Waals surface area (Å²) >= 11 is 0. The monoisotopic (exact) mass is 432 g/mol. The Hall–Kier alpha value is -0.860. The molecule has 0 fully saturated rings. The summed E-state index contributed by atoms with van der Waals surface area (Å²) in [5.74, 6) is 0.995. The molecule has 0 spiro atoms. The van der Waals surface area contributed by atoms with Crippen molar-refractivity contribution in [1.29, 1.82) is 0 Å². The minimum Gasteiger partial charge on any atom is -0.383 e. The normalized spacial score (nSPS) is 14.4. The van der Waals surface area contributed by atoms with Gasteiger partial charge in [-0.05, 0) is 24.6 Å². The fourth-order valence-electron chi connectivity index (χ4n) is 2.73. The largest absolute Gasteiger partial charge is 0.383 e. The molecule has 1 aliphatic heterocycles. The summed E-state index contributed by atoms with van der Waals surface area (Å²) in [5.41, 5.74) is 2.88. The van der Waals surface area contributed by atoms with E-state index in [1.54, 1.807) is 7.11 Å². The van der Waals surface area contributed by atoms with Crippen molar-refractivity contribution in [2.45, 2.75) is 13.0 Å². The van der Waals surface area contributed by atoms with Crippen molar-refractivity contribution in [1.82, 2.24) is 15.1 Å². The maximum absolute atomic E-state index is 5.10. The van der Waals surface area contributed by atoms with Gasteiger partial charge in [-0.15, -0.1) is 24.0 Å². The number of nitrogens with one attached hydrogen (secondary N) is 1. The molecule has 1 N–H and O–H groups in total.